The smallest absolute Gasteiger partial charge is 0.328 e. The molecule has 4 rings (SSSR count). The molecule has 180 valence electrons. The molecule has 0 atom stereocenters. The predicted octanol–water partition coefficient (Wildman–Crippen LogP) is 4.98. The van der Waals surface area contributed by atoms with Crippen LogP contribution in [0, 0.1) is 0 Å². The van der Waals surface area contributed by atoms with Crippen molar-refractivity contribution in [3.05, 3.63) is 88.8 Å². The van der Waals surface area contributed by atoms with Gasteiger partial charge in [-0.3, -0.25) is 4.79 Å². The summed E-state index contributed by atoms with van der Waals surface area (Å²) in [5.41, 5.74) is 1.95. The third-order valence-electron chi connectivity index (χ3n) is 5.02. The van der Waals surface area contributed by atoms with Gasteiger partial charge >= 0.3 is 5.97 Å². The molecule has 0 aliphatic heterocycles. The Bertz CT molecular complexity index is 1400. The van der Waals surface area contributed by atoms with Crippen LogP contribution >= 0.6 is 0 Å². The van der Waals surface area contributed by atoms with Crippen LogP contribution in [0.5, 0.6) is 23.0 Å². The molecule has 3 aromatic carbocycles. The maximum Gasteiger partial charge on any atom is 0.328 e. The number of carboxylic acids is 1. The Morgan fingerprint density at radius 2 is 1.63 bits per heavy atom. The Kier molecular flexibility index (Phi) is 8.13. The van der Waals surface area contributed by atoms with Crippen LogP contribution in [-0.4, -0.2) is 37.5 Å². The summed E-state index contributed by atoms with van der Waals surface area (Å²) in [4.78, 5) is 22.9. The number of para-hydroxylation sites is 1. The topological polar surface area (TPSA) is 115 Å². The second-order valence-corrected chi connectivity index (χ2v) is 7.12. The molecular weight excluding hydrogens is 452 g/mol. The fourth-order valence-electron chi connectivity index (χ4n) is 3.30. The average molecular weight is 476 g/mol. The van der Waals surface area contributed by atoms with Crippen LogP contribution < -0.4 is 19.6 Å². The molecule has 0 spiro atoms. The Balaban J connectivity index is 0.000000225. The van der Waals surface area contributed by atoms with E-state index in [1.54, 1.807) is 50.6 Å². The third kappa shape index (κ3) is 5.80. The van der Waals surface area contributed by atoms with Crippen molar-refractivity contribution in [3.63, 3.8) is 0 Å². The number of hydrogen-bond acceptors (Lipinski definition) is 7. The van der Waals surface area contributed by atoms with Gasteiger partial charge in [0, 0.05) is 11.6 Å². The number of aliphatic carboxylic acids is 1. The average Bonchev–Trinajstić information content (AvgIpc) is 2.88. The van der Waals surface area contributed by atoms with Crippen LogP contribution in [0.4, 0.5) is 0 Å². The minimum atomic E-state index is -0.967. The number of methoxy groups -OCH3 is 3. The first kappa shape index (κ1) is 24.9. The fourth-order valence-corrected chi connectivity index (χ4v) is 3.30. The number of ether oxygens (including phenoxy) is 3. The number of phenolic OH excluding ortho intramolecular Hbond substituents is 1. The highest BCUT2D eigenvalue weighted by molar-refractivity contribution is 5.88. The lowest BCUT2D eigenvalue weighted by Gasteiger charge is -2.08. The van der Waals surface area contributed by atoms with E-state index in [1.165, 1.54) is 31.6 Å². The van der Waals surface area contributed by atoms with E-state index in [1.807, 2.05) is 12.1 Å². The Morgan fingerprint density at radius 1 is 0.914 bits per heavy atom. The fraction of sp³-hybridized carbons (Fsp3) is 0.111. The van der Waals surface area contributed by atoms with Crippen LogP contribution in [0.25, 0.3) is 28.2 Å². The van der Waals surface area contributed by atoms with Crippen molar-refractivity contribution >= 4 is 23.0 Å². The van der Waals surface area contributed by atoms with E-state index < -0.39 is 5.97 Å². The first-order chi connectivity index (χ1) is 16.9. The second kappa shape index (κ2) is 11.4. The van der Waals surface area contributed by atoms with Gasteiger partial charge in [0.25, 0.3) is 0 Å². The number of benzene rings is 3. The molecule has 0 bridgehead atoms. The molecular formula is C27H24O8. The molecule has 2 N–H and O–H groups in total. The van der Waals surface area contributed by atoms with E-state index in [0.29, 0.717) is 22.4 Å². The Hall–Kier alpha value is -4.72. The molecule has 8 heteroatoms. The van der Waals surface area contributed by atoms with Crippen LogP contribution in [0.2, 0.25) is 0 Å². The van der Waals surface area contributed by atoms with Gasteiger partial charge in [-0.05, 0) is 42.0 Å². The molecule has 0 radical (unpaired) electrons. The van der Waals surface area contributed by atoms with Crippen LogP contribution in [0.3, 0.4) is 0 Å². The van der Waals surface area contributed by atoms with Gasteiger partial charge in [-0.25, -0.2) is 4.79 Å². The maximum absolute atomic E-state index is 12.6. The normalized spacial score (nSPS) is 10.5. The molecule has 0 aliphatic carbocycles. The Labute approximate surface area is 201 Å². The molecule has 0 saturated carbocycles. The number of aromatic hydroxyl groups is 1. The summed E-state index contributed by atoms with van der Waals surface area (Å²) < 4.78 is 20.7. The van der Waals surface area contributed by atoms with Crippen molar-refractivity contribution in [2.75, 3.05) is 21.3 Å². The second-order valence-electron chi connectivity index (χ2n) is 7.12. The van der Waals surface area contributed by atoms with E-state index in [2.05, 4.69) is 0 Å². The molecule has 35 heavy (non-hydrogen) atoms. The molecule has 0 amide bonds. The predicted molar refractivity (Wildman–Crippen MR) is 132 cm³/mol. The standard InChI is InChI=1S/C17H14O5.C10H10O3/c1-20-11-5-3-10(4-6-11)13-9-22-16-12(15(13)19)7-8-14(18)17(16)21-2;1-13-9-5-3-2-4-8(9)6-7-10(11)12/h3-9,18H,1-2H3;2-7H,1H3,(H,11,12). The van der Waals surface area contributed by atoms with E-state index in [-0.39, 0.29) is 22.5 Å². The van der Waals surface area contributed by atoms with Gasteiger partial charge in [0.2, 0.25) is 11.2 Å². The summed E-state index contributed by atoms with van der Waals surface area (Å²) in [5.74, 6) is 0.484. The minimum Gasteiger partial charge on any atom is -0.504 e. The lowest BCUT2D eigenvalue weighted by atomic mass is 10.1. The highest BCUT2D eigenvalue weighted by atomic mass is 16.5. The van der Waals surface area contributed by atoms with Gasteiger partial charge in [0.05, 0.1) is 32.3 Å². The number of hydrogen-bond donors (Lipinski definition) is 2. The van der Waals surface area contributed by atoms with Crippen molar-refractivity contribution in [2.45, 2.75) is 0 Å². The zero-order chi connectivity index (χ0) is 25.4. The van der Waals surface area contributed by atoms with Crippen molar-refractivity contribution in [3.8, 4) is 34.1 Å². The Morgan fingerprint density at radius 3 is 2.26 bits per heavy atom. The lowest BCUT2D eigenvalue weighted by molar-refractivity contribution is -0.131. The van der Waals surface area contributed by atoms with E-state index >= 15 is 0 Å². The SMILES string of the molecule is COc1ccc(-c2coc3c(OC)c(O)ccc3c2=O)cc1.COc1ccccc1C=CC(=O)O. The summed E-state index contributed by atoms with van der Waals surface area (Å²) in [6.07, 6.45) is 3.95. The summed E-state index contributed by atoms with van der Waals surface area (Å²) in [6.45, 7) is 0. The molecule has 0 fully saturated rings. The first-order valence-corrected chi connectivity index (χ1v) is 10.4. The van der Waals surface area contributed by atoms with Gasteiger partial charge in [-0.1, -0.05) is 30.3 Å². The number of rotatable bonds is 6. The third-order valence-corrected chi connectivity index (χ3v) is 5.02. The maximum atomic E-state index is 12.6. The number of fused-ring (bicyclic) bond motifs is 1. The highest BCUT2D eigenvalue weighted by Crippen LogP contribution is 2.34. The lowest BCUT2D eigenvalue weighted by Crippen LogP contribution is -2.05. The van der Waals surface area contributed by atoms with Crippen LogP contribution in [0.15, 0.2) is 82.2 Å². The van der Waals surface area contributed by atoms with Crippen molar-refractivity contribution < 1.29 is 33.6 Å². The monoisotopic (exact) mass is 476 g/mol. The van der Waals surface area contributed by atoms with Crippen molar-refractivity contribution in [1.82, 2.24) is 0 Å². The molecule has 4 aromatic rings. The molecule has 0 aliphatic rings. The number of carboxylic acid groups (broad SMARTS) is 1. The molecule has 8 nitrogen and oxygen atoms in total. The van der Waals surface area contributed by atoms with Gasteiger partial charge in [0.1, 0.15) is 17.8 Å². The molecule has 1 aromatic heterocycles. The van der Waals surface area contributed by atoms with E-state index in [0.717, 1.165) is 17.2 Å². The molecule has 1 heterocycles. The van der Waals surface area contributed by atoms with Crippen molar-refractivity contribution in [1.29, 1.82) is 0 Å². The number of phenols is 1. The summed E-state index contributed by atoms with van der Waals surface area (Å²) in [5, 5.41) is 18.5. The van der Waals surface area contributed by atoms with Gasteiger partial charge in [0.15, 0.2) is 11.3 Å². The summed E-state index contributed by atoms with van der Waals surface area (Å²) >= 11 is 0. The zero-order valence-electron chi connectivity index (χ0n) is 19.3. The summed E-state index contributed by atoms with van der Waals surface area (Å²) in [6, 6.07) is 17.3. The van der Waals surface area contributed by atoms with Gasteiger partial charge in [-0.15, -0.1) is 0 Å². The van der Waals surface area contributed by atoms with Gasteiger partial charge in [-0.2, -0.15) is 0 Å². The van der Waals surface area contributed by atoms with Crippen molar-refractivity contribution in [2.24, 2.45) is 0 Å². The quantitative estimate of drug-likeness (QED) is 0.375. The highest BCUT2D eigenvalue weighted by Gasteiger charge is 2.15. The number of carbonyl (C=O) groups is 1. The summed E-state index contributed by atoms with van der Waals surface area (Å²) in [7, 11) is 4.54. The largest absolute Gasteiger partial charge is 0.504 e. The van der Waals surface area contributed by atoms with Crippen LogP contribution in [0.1, 0.15) is 5.56 Å². The van der Waals surface area contributed by atoms with E-state index in [9.17, 15) is 14.7 Å². The first-order valence-electron chi connectivity index (χ1n) is 10.4. The molecule has 0 saturated heterocycles. The zero-order valence-corrected chi connectivity index (χ0v) is 19.3. The minimum absolute atomic E-state index is 0.0738. The van der Waals surface area contributed by atoms with Gasteiger partial charge < -0.3 is 28.8 Å². The molecule has 0 unspecified atom stereocenters. The van der Waals surface area contributed by atoms with E-state index in [4.69, 9.17) is 23.7 Å². The van der Waals surface area contributed by atoms with Crippen LogP contribution in [-0.2, 0) is 4.79 Å².